The highest BCUT2D eigenvalue weighted by atomic mass is 19.1. The quantitative estimate of drug-likeness (QED) is 0.530. The molecule has 2 aromatic rings. The van der Waals surface area contributed by atoms with Gasteiger partial charge in [0.15, 0.2) is 0 Å². The van der Waals surface area contributed by atoms with Crippen LogP contribution in [0.25, 0.3) is 0 Å². The maximum absolute atomic E-state index is 13.5. The number of nitro groups is 1. The van der Waals surface area contributed by atoms with E-state index in [0.717, 1.165) is 19.4 Å². The van der Waals surface area contributed by atoms with E-state index in [1.807, 2.05) is 0 Å². The van der Waals surface area contributed by atoms with Crippen LogP contribution in [0.1, 0.15) is 15.9 Å². The third kappa shape index (κ3) is 3.17. The summed E-state index contributed by atoms with van der Waals surface area (Å²) < 4.78 is 18.0. The van der Waals surface area contributed by atoms with E-state index >= 15 is 0 Å². The van der Waals surface area contributed by atoms with Gasteiger partial charge in [0, 0.05) is 18.0 Å². The monoisotopic (exact) mass is 305 g/mol. The van der Waals surface area contributed by atoms with Gasteiger partial charge in [-0.2, -0.15) is 0 Å². The molecule has 0 amide bonds. The molecule has 0 spiro atoms. The lowest BCUT2D eigenvalue weighted by Crippen LogP contribution is -2.06. The molecular formula is C14H12FN3O4. The molecule has 0 aliphatic heterocycles. The summed E-state index contributed by atoms with van der Waals surface area (Å²) in [5.41, 5.74) is 0.303. The molecule has 2 rings (SSSR count). The van der Waals surface area contributed by atoms with Crippen LogP contribution in [0.5, 0.6) is 0 Å². The summed E-state index contributed by atoms with van der Waals surface area (Å²) in [5, 5.41) is 13.8. The van der Waals surface area contributed by atoms with Gasteiger partial charge in [-0.1, -0.05) is 6.07 Å². The average Bonchev–Trinajstić information content (AvgIpc) is 2.50. The molecule has 0 aliphatic carbocycles. The lowest BCUT2D eigenvalue weighted by Gasteiger charge is -2.08. The number of methoxy groups -OCH3 is 1. The number of hydrogen-bond donors (Lipinski definition) is 1. The minimum absolute atomic E-state index is 0.0464. The number of carbonyl (C=O) groups excluding carboxylic acids is 1. The zero-order valence-electron chi connectivity index (χ0n) is 11.8. The Hall–Kier alpha value is -3.03. The van der Waals surface area contributed by atoms with E-state index in [1.54, 1.807) is 13.0 Å². The molecule has 0 saturated carbocycles. The summed E-state index contributed by atoms with van der Waals surface area (Å²) in [6, 6.07) is 5.35. The summed E-state index contributed by atoms with van der Waals surface area (Å²) in [4.78, 5) is 25.6. The smallest absolute Gasteiger partial charge is 0.339 e. The molecule has 1 N–H and O–H groups in total. The fourth-order valence-corrected chi connectivity index (χ4v) is 1.73. The van der Waals surface area contributed by atoms with E-state index in [0.29, 0.717) is 11.3 Å². The second kappa shape index (κ2) is 6.17. The number of esters is 1. The van der Waals surface area contributed by atoms with Crippen molar-refractivity contribution in [1.29, 1.82) is 0 Å². The van der Waals surface area contributed by atoms with Crippen LogP contribution in [0.15, 0.2) is 30.5 Å². The van der Waals surface area contributed by atoms with Gasteiger partial charge in [0.1, 0.15) is 5.82 Å². The molecule has 1 aromatic heterocycles. The Morgan fingerprint density at radius 1 is 1.41 bits per heavy atom. The maximum Gasteiger partial charge on any atom is 0.339 e. The normalized spacial score (nSPS) is 10.1. The third-order valence-electron chi connectivity index (χ3n) is 2.92. The van der Waals surface area contributed by atoms with Gasteiger partial charge in [0.25, 0.3) is 0 Å². The molecule has 0 aliphatic rings. The van der Waals surface area contributed by atoms with Crippen molar-refractivity contribution in [1.82, 2.24) is 4.98 Å². The second-order valence-electron chi connectivity index (χ2n) is 4.43. The Kier molecular flexibility index (Phi) is 4.31. The minimum Gasteiger partial charge on any atom is -0.465 e. The van der Waals surface area contributed by atoms with Crippen LogP contribution in [0.2, 0.25) is 0 Å². The van der Waals surface area contributed by atoms with Crippen LogP contribution >= 0.6 is 0 Å². The van der Waals surface area contributed by atoms with Crippen molar-refractivity contribution in [2.75, 3.05) is 12.4 Å². The predicted octanol–water partition coefficient (Wildman–Crippen LogP) is 2.97. The number of carbonyl (C=O) groups is 1. The van der Waals surface area contributed by atoms with Crippen molar-refractivity contribution in [3.05, 3.63) is 57.5 Å². The van der Waals surface area contributed by atoms with Crippen molar-refractivity contribution in [3.8, 4) is 0 Å². The number of ether oxygens (including phenoxy) is 1. The highest BCUT2D eigenvalue weighted by Gasteiger charge is 2.20. The molecule has 0 saturated heterocycles. The molecule has 0 unspecified atom stereocenters. The van der Waals surface area contributed by atoms with Crippen LogP contribution in [0.4, 0.5) is 21.6 Å². The third-order valence-corrected chi connectivity index (χ3v) is 2.92. The molecule has 22 heavy (non-hydrogen) atoms. The molecule has 0 radical (unpaired) electrons. The van der Waals surface area contributed by atoms with Gasteiger partial charge in [-0.25, -0.2) is 14.2 Å². The molecule has 114 valence electrons. The van der Waals surface area contributed by atoms with E-state index in [1.165, 1.54) is 12.1 Å². The number of aromatic nitrogens is 1. The highest BCUT2D eigenvalue weighted by molar-refractivity contribution is 5.90. The number of halogens is 1. The van der Waals surface area contributed by atoms with Crippen LogP contribution in [0.3, 0.4) is 0 Å². The molecule has 0 atom stereocenters. The molecule has 1 aromatic carbocycles. The fraction of sp³-hybridized carbons (Fsp3) is 0.143. The van der Waals surface area contributed by atoms with Crippen LogP contribution in [-0.2, 0) is 4.74 Å². The summed E-state index contributed by atoms with van der Waals surface area (Å²) in [6.07, 6.45) is 1.14. The topological polar surface area (TPSA) is 94.4 Å². The predicted molar refractivity (Wildman–Crippen MR) is 76.7 cm³/mol. The number of nitrogens with one attached hydrogen (secondary N) is 1. The Balaban J connectivity index is 2.39. The minimum atomic E-state index is -0.733. The number of hydrogen-bond acceptors (Lipinski definition) is 6. The number of nitrogens with zero attached hydrogens (tertiary/aromatic N) is 2. The largest absolute Gasteiger partial charge is 0.465 e. The first kappa shape index (κ1) is 15.4. The SMILES string of the molecule is COC(=O)c1cnc(Nc2ccc(C)c(F)c2)c([N+](=O)[O-])c1. The first-order chi connectivity index (χ1) is 10.4. The summed E-state index contributed by atoms with van der Waals surface area (Å²) >= 11 is 0. The summed E-state index contributed by atoms with van der Waals surface area (Å²) in [5.74, 6) is -1.27. The zero-order chi connectivity index (χ0) is 16.3. The number of rotatable bonds is 4. The van der Waals surface area contributed by atoms with E-state index in [4.69, 9.17) is 0 Å². The average molecular weight is 305 g/mol. The molecule has 0 bridgehead atoms. The lowest BCUT2D eigenvalue weighted by atomic mass is 10.2. The van der Waals surface area contributed by atoms with Crippen LogP contribution < -0.4 is 5.32 Å². The molecule has 7 nitrogen and oxygen atoms in total. The van der Waals surface area contributed by atoms with Gasteiger partial charge in [-0.15, -0.1) is 0 Å². The summed E-state index contributed by atoms with van der Waals surface area (Å²) in [6.45, 7) is 1.60. The van der Waals surface area contributed by atoms with Gasteiger partial charge < -0.3 is 10.1 Å². The molecular weight excluding hydrogens is 293 g/mol. The number of anilines is 2. The molecule has 1 heterocycles. The van der Waals surface area contributed by atoms with Crippen LogP contribution in [-0.4, -0.2) is 23.0 Å². The van der Waals surface area contributed by atoms with Gasteiger partial charge in [0.05, 0.1) is 17.6 Å². The molecule has 8 heteroatoms. The standard InChI is InChI=1S/C14H12FN3O4/c1-8-3-4-10(6-11(8)15)17-13-12(18(20)21)5-9(7-16-13)14(19)22-2/h3-7H,1-2H3,(H,16,17). The Morgan fingerprint density at radius 3 is 2.73 bits per heavy atom. The van der Waals surface area contributed by atoms with E-state index < -0.39 is 22.4 Å². The van der Waals surface area contributed by atoms with Crippen molar-refractivity contribution in [2.45, 2.75) is 6.92 Å². The summed E-state index contributed by atoms with van der Waals surface area (Å²) in [7, 11) is 1.16. The second-order valence-corrected chi connectivity index (χ2v) is 4.43. The fourth-order valence-electron chi connectivity index (χ4n) is 1.73. The van der Waals surface area contributed by atoms with Gasteiger partial charge in [0.2, 0.25) is 5.82 Å². The van der Waals surface area contributed by atoms with Crippen molar-refractivity contribution in [3.63, 3.8) is 0 Å². The Labute approximate surface area is 124 Å². The first-order valence-electron chi connectivity index (χ1n) is 6.18. The van der Waals surface area contributed by atoms with Gasteiger partial charge in [-0.3, -0.25) is 10.1 Å². The Bertz CT molecular complexity index is 749. The van der Waals surface area contributed by atoms with E-state index in [9.17, 15) is 19.3 Å². The Morgan fingerprint density at radius 2 is 2.14 bits per heavy atom. The maximum atomic E-state index is 13.5. The van der Waals surface area contributed by atoms with Crippen molar-refractivity contribution >= 4 is 23.2 Å². The van der Waals surface area contributed by atoms with Gasteiger partial charge >= 0.3 is 11.7 Å². The van der Waals surface area contributed by atoms with Crippen LogP contribution in [0, 0.1) is 22.9 Å². The lowest BCUT2D eigenvalue weighted by molar-refractivity contribution is -0.384. The van der Waals surface area contributed by atoms with Crippen molar-refractivity contribution < 1.29 is 18.8 Å². The van der Waals surface area contributed by atoms with Crippen molar-refractivity contribution in [2.24, 2.45) is 0 Å². The zero-order valence-corrected chi connectivity index (χ0v) is 11.8. The van der Waals surface area contributed by atoms with Gasteiger partial charge in [-0.05, 0) is 24.6 Å². The van der Waals surface area contributed by atoms with E-state index in [-0.39, 0.29) is 11.4 Å². The number of benzene rings is 1. The highest BCUT2D eigenvalue weighted by Crippen LogP contribution is 2.27. The number of pyridine rings is 1. The molecule has 0 fully saturated rings. The number of aryl methyl sites for hydroxylation is 1. The van der Waals surface area contributed by atoms with E-state index in [2.05, 4.69) is 15.0 Å². The first-order valence-corrected chi connectivity index (χ1v) is 6.18.